The summed E-state index contributed by atoms with van der Waals surface area (Å²) in [6.07, 6.45) is 6.33. The van der Waals surface area contributed by atoms with Gasteiger partial charge in [-0.2, -0.15) is 0 Å². The molecule has 0 saturated heterocycles. The Hall–Kier alpha value is -1.10. The second kappa shape index (κ2) is 5.35. The van der Waals surface area contributed by atoms with E-state index < -0.39 is 0 Å². The fourth-order valence-electron chi connectivity index (χ4n) is 3.36. The fourth-order valence-corrected chi connectivity index (χ4v) is 3.70. The van der Waals surface area contributed by atoms with E-state index in [1.807, 2.05) is 4.57 Å². The van der Waals surface area contributed by atoms with E-state index in [0.29, 0.717) is 16.3 Å². The minimum absolute atomic E-state index is 0.265. The second-order valence-electron chi connectivity index (χ2n) is 5.73. The average molecular weight is 340 g/mol. The number of hydrogen-bond acceptors (Lipinski definition) is 2. The molecule has 0 spiro atoms. The van der Waals surface area contributed by atoms with Crippen molar-refractivity contribution < 1.29 is 4.39 Å². The van der Waals surface area contributed by atoms with Gasteiger partial charge in [0, 0.05) is 12.1 Å². The number of benzene rings is 1. The van der Waals surface area contributed by atoms with Crippen LogP contribution in [0.15, 0.2) is 16.6 Å². The van der Waals surface area contributed by atoms with Crippen LogP contribution < -0.4 is 5.73 Å². The predicted octanol–water partition coefficient (Wildman–Crippen LogP) is 4.66. The van der Waals surface area contributed by atoms with Crippen LogP contribution in [0, 0.1) is 11.7 Å². The van der Waals surface area contributed by atoms with Crippen LogP contribution in [-0.4, -0.2) is 9.55 Å². The summed E-state index contributed by atoms with van der Waals surface area (Å²) in [5.74, 6) is 0.820. The Kier molecular flexibility index (Phi) is 3.71. The Morgan fingerprint density at radius 1 is 1.35 bits per heavy atom. The van der Waals surface area contributed by atoms with Gasteiger partial charge < -0.3 is 10.3 Å². The molecule has 1 unspecified atom stereocenters. The van der Waals surface area contributed by atoms with Crippen molar-refractivity contribution in [1.29, 1.82) is 0 Å². The smallest absolute Gasteiger partial charge is 0.201 e. The molecule has 1 aliphatic rings. The van der Waals surface area contributed by atoms with Crippen molar-refractivity contribution in [2.24, 2.45) is 5.92 Å². The van der Waals surface area contributed by atoms with Gasteiger partial charge in [-0.3, -0.25) is 0 Å². The Morgan fingerprint density at radius 3 is 2.75 bits per heavy atom. The van der Waals surface area contributed by atoms with Crippen LogP contribution in [-0.2, 0) is 0 Å². The minimum atomic E-state index is -0.269. The van der Waals surface area contributed by atoms with Crippen LogP contribution in [0.4, 0.5) is 10.3 Å². The number of hydrogen-bond donors (Lipinski definition) is 1. The number of nitrogens with zero attached hydrogens (tertiary/aromatic N) is 2. The van der Waals surface area contributed by atoms with Gasteiger partial charge in [0.15, 0.2) is 0 Å². The van der Waals surface area contributed by atoms with E-state index in [4.69, 9.17) is 5.73 Å². The number of anilines is 1. The molecule has 1 aromatic heterocycles. The quantitative estimate of drug-likeness (QED) is 0.864. The van der Waals surface area contributed by atoms with Crippen LogP contribution in [0.5, 0.6) is 0 Å². The van der Waals surface area contributed by atoms with Gasteiger partial charge in [-0.15, -0.1) is 0 Å². The zero-order valence-corrected chi connectivity index (χ0v) is 13.2. The summed E-state index contributed by atoms with van der Waals surface area (Å²) in [6.45, 7) is 2.17. The Balaban J connectivity index is 2.05. The first-order valence-electron chi connectivity index (χ1n) is 7.20. The van der Waals surface area contributed by atoms with Crippen molar-refractivity contribution in [3.05, 3.63) is 22.4 Å². The predicted molar refractivity (Wildman–Crippen MR) is 83.1 cm³/mol. The Bertz CT molecular complexity index is 632. The van der Waals surface area contributed by atoms with Crippen LogP contribution in [0.25, 0.3) is 11.0 Å². The van der Waals surface area contributed by atoms with Crippen LogP contribution in [0.1, 0.15) is 45.1 Å². The molecule has 20 heavy (non-hydrogen) atoms. The molecule has 1 aliphatic carbocycles. The van der Waals surface area contributed by atoms with Crippen molar-refractivity contribution in [1.82, 2.24) is 9.55 Å². The maximum Gasteiger partial charge on any atom is 0.201 e. The van der Waals surface area contributed by atoms with Gasteiger partial charge in [-0.1, -0.05) is 19.3 Å². The molecule has 108 valence electrons. The van der Waals surface area contributed by atoms with Gasteiger partial charge in [0.2, 0.25) is 5.95 Å². The number of nitrogens with two attached hydrogens (primary N) is 1. The number of fused-ring (bicyclic) bond motifs is 1. The molecule has 0 amide bonds. The lowest BCUT2D eigenvalue weighted by molar-refractivity contribution is 0.269. The second-order valence-corrected chi connectivity index (χ2v) is 6.59. The third kappa shape index (κ3) is 2.32. The van der Waals surface area contributed by atoms with E-state index in [-0.39, 0.29) is 11.9 Å². The van der Waals surface area contributed by atoms with Crippen LogP contribution >= 0.6 is 15.9 Å². The van der Waals surface area contributed by atoms with E-state index in [0.717, 1.165) is 11.0 Å². The molecular weight excluding hydrogens is 321 g/mol. The van der Waals surface area contributed by atoms with Crippen molar-refractivity contribution in [2.45, 2.75) is 45.1 Å². The standard InChI is InChI=1S/C15H19BrFN3/c1-9(10-5-3-2-4-6-10)20-14-8-12(17)11(16)7-13(14)19-15(20)18/h7-10H,2-6H2,1H3,(H2,18,19). The molecular formula is C15H19BrFN3. The number of rotatable bonds is 2. The third-order valence-corrected chi connectivity index (χ3v) is 5.11. The van der Waals surface area contributed by atoms with Gasteiger partial charge in [-0.25, -0.2) is 9.37 Å². The zero-order chi connectivity index (χ0) is 14.3. The molecule has 2 N–H and O–H groups in total. The maximum absolute atomic E-state index is 13.8. The summed E-state index contributed by atoms with van der Waals surface area (Å²) in [4.78, 5) is 4.38. The van der Waals surface area contributed by atoms with E-state index >= 15 is 0 Å². The molecule has 1 fully saturated rings. The van der Waals surface area contributed by atoms with Gasteiger partial charge >= 0.3 is 0 Å². The summed E-state index contributed by atoms with van der Waals surface area (Å²) in [5.41, 5.74) is 7.62. The summed E-state index contributed by atoms with van der Waals surface area (Å²) in [5, 5.41) is 0. The lowest BCUT2D eigenvalue weighted by atomic mass is 9.84. The summed E-state index contributed by atoms with van der Waals surface area (Å²) in [6, 6.07) is 3.49. The molecule has 1 atom stereocenters. The van der Waals surface area contributed by atoms with Gasteiger partial charge in [-0.05, 0) is 47.7 Å². The summed E-state index contributed by atoms with van der Waals surface area (Å²) in [7, 11) is 0. The highest BCUT2D eigenvalue weighted by Crippen LogP contribution is 2.36. The lowest BCUT2D eigenvalue weighted by Crippen LogP contribution is -2.20. The lowest BCUT2D eigenvalue weighted by Gasteiger charge is -2.29. The molecule has 0 bridgehead atoms. The van der Waals surface area contributed by atoms with Gasteiger partial charge in [0.25, 0.3) is 0 Å². The Labute approximate surface area is 126 Å². The highest BCUT2D eigenvalue weighted by molar-refractivity contribution is 9.10. The molecule has 0 aliphatic heterocycles. The number of aromatic nitrogens is 2. The highest BCUT2D eigenvalue weighted by atomic mass is 79.9. The molecule has 3 rings (SSSR count). The first-order chi connectivity index (χ1) is 9.58. The van der Waals surface area contributed by atoms with E-state index in [9.17, 15) is 4.39 Å². The monoisotopic (exact) mass is 339 g/mol. The SMILES string of the molecule is CC(C1CCCCC1)n1c(N)nc2cc(Br)c(F)cc21. The summed E-state index contributed by atoms with van der Waals surface area (Å²) >= 11 is 3.20. The maximum atomic E-state index is 13.8. The number of imidazole rings is 1. The molecule has 3 nitrogen and oxygen atoms in total. The third-order valence-electron chi connectivity index (χ3n) is 4.50. The van der Waals surface area contributed by atoms with Crippen molar-refractivity contribution in [3.8, 4) is 0 Å². The van der Waals surface area contributed by atoms with E-state index in [1.54, 1.807) is 6.07 Å². The number of halogens is 2. The van der Waals surface area contributed by atoms with Crippen molar-refractivity contribution >= 4 is 32.9 Å². The highest BCUT2D eigenvalue weighted by Gasteiger charge is 2.24. The van der Waals surface area contributed by atoms with Crippen LogP contribution in [0.2, 0.25) is 0 Å². The van der Waals surface area contributed by atoms with Gasteiger partial charge in [0.1, 0.15) is 5.82 Å². The first-order valence-corrected chi connectivity index (χ1v) is 7.99. The van der Waals surface area contributed by atoms with Crippen molar-refractivity contribution in [3.63, 3.8) is 0 Å². The zero-order valence-electron chi connectivity index (χ0n) is 11.6. The van der Waals surface area contributed by atoms with E-state index in [1.165, 1.54) is 38.2 Å². The van der Waals surface area contributed by atoms with Gasteiger partial charge in [0.05, 0.1) is 15.5 Å². The molecule has 1 aromatic carbocycles. The summed E-state index contributed by atoms with van der Waals surface area (Å²) < 4.78 is 16.2. The molecule has 1 heterocycles. The largest absolute Gasteiger partial charge is 0.369 e. The molecule has 5 heteroatoms. The average Bonchev–Trinajstić information content (AvgIpc) is 2.75. The normalized spacial score (nSPS) is 18.6. The first kappa shape index (κ1) is 13.9. The molecule has 1 saturated carbocycles. The van der Waals surface area contributed by atoms with Crippen molar-refractivity contribution in [2.75, 3.05) is 5.73 Å². The number of nitrogen functional groups attached to an aromatic ring is 1. The van der Waals surface area contributed by atoms with Crippen LogP contribution in [0.3, 0.4) is 0 Å². The topological polar surface area (TPSA) is 43.8 Å². The minimum Gasteiger partial charge on any atom is -0.369 e. The Morgan fingerprint density at radius 2 is 2.05 bits per heavy atom. The fraction of sp³-hybridized carbons (Fsp3) is 0.533. The molecule has 2 aromatic rings. The molecule has 0 radical (unpaired) electrons. The van der Waals surface area contributed by atoms with E-state index in [2.05, 4.69) is 27.8 Å².